The van der Waals surface area contributed by atoms with Gasteiger partial charge in [-0.1, -0.05) is 6.07 Å². The van der Waals surface area contributed by atoms with Crippen molar-refractivity contribution in [1.82, 2.24) is 15.6 Å². The summed E-state index contributed by atoms with van der Waals surface area (Å²) in [6, 6.07) is 4.84. The fourth-order valence-corrected chi connectivity index (χ4v) is 4.41. The maximum atomic E-state index is 4.76. The first-order valence-corrected chi connectivity index (χ1v) is 10.8. The Morgan fingerprint density at radius 3 is 2.80 bits per heavy atom. The minimum Gasteiger partial charge on any atom is -0.357 e. The molecule has 1 aliphatic heterocycles. The fourth-order valence-electron chi connectivity index (χ4n) is 3.61. The van der Waals surface area contributed by atoms with Gasteiger partial charge in [-0.3, -0.25) is 0 Å². The Labute approximate surface area is 156 Å². The number of thioether (sulfide) groups is 1. The van der Waals surface area contributed by atoms with Crippen molar-refractivity contribution in [2.24, 2.45) is 4.99 Å². The molecule has 2 heterocycles. The summed E-state index contributed by atoms with van der Waals surface area (Å²) in [5.41, 5.74) is 1.16. The predicted octanol–water partition coefficient (Wildman–Crippen LogP) is 3.02. The van der Waals surface area contributed by atoms with E-state index in [0.29, 0.717) is 12.6 Å². The normalized spacial score (nSPS) is 23.9. The average molecular weight is 362 g/mol. The minimum atomic E-state index is 0.547. The number of aromatic nitrogens is 1. The van der Waals surface area contributed by atoms with Crippen molar-refractivity contribution in [1.29, 1.82) is 0 Å². The molecule has 3 rings (SSSR count). The molecule has 1 saturated carbocycles. The fraction of sp³-hybridized carbons (Fsp3) is 0.684. The van der Waals surface area contributed by atoms with Crippen molar-refractivity contribution in [2.75, 3.05) is 30.8 Å². The van der Waals surface area contributed by atoms with Crippen LogP contribution in [0.3, 0.4) is 0 Å². The van der Waals surface area contributed by atoms with Crippen LogP contribution in [0.4, 0.5) is 5.82 Å². The Morgan fingerprint density at radius 1 is 1.32 bits per heavy atom. The molecule has 2 unspecified atom stereocenters. The van der Waals surface area contributed by atoms with Crippen molar-refractivity contribution >= 4 is 23.5 Å². The molecular formula is C19H31N5S. The van der Waals surface area contributed by atoms with Crippen LogP contribution in [-0.4, -0.2) is 48.1 Å². The summed E-state index contributed by atoms with van der Waals surface area (Å²) >= 11 is 1.99. The van der Waals surface area contributed by atoms with Crippen LogP contribution in [0.2, 0.25) is 0 Å². The molecule has 2 aliphatic rings. The van der Waals surface area contributed by atoms with Crippen LogP contribution in [-0.2, 0) is 6.54 Å². The van der Waals surface area contributed by atoms with E-state index in [1.807, 2.05) is 18.0 Å². The monoisotopic (exact) mass is 361 g/mol. The van der Waals surface area contributed by atoms with Crippen LogP contribution in [0.15, 0.2) is 23.3 Å². The van der Waals surface area contributed by atoms with Crippen LogP contribution >= 0.6 is 11.8 Å². The van der Waals surface area contributed by atoms with E-state index in [0.717, 1.165) is 42.2 Å². The molecule has 138 valence electrons. The van der Waals surface area contributed by atoms with Gasteiger partial charge in [0.15, 0.2) is 5.96 Å². The number of guanidine groups is 1. The molecule has 1 aromatic rings. The lowest BCUT2D eigenvalue weighted by Gasteiger charge is -2.17. The van der Waals surface area contributed by atoms with Gasteiger partial charge in [-0.25, -0.2) is 9.98 Å². The third-order valence-corrected chi connectivity index (χ3v) is 6.16. The summed E-state index contributed by atoms with van der Waals surface area (Å²) in [6.07, 6.45) is 10.5. The molecule has 0 radical (unpaired) electrons. The first kappa shape index (κ1) is 18.4. The molecular weight excluding hydrogens is 330 g/mol. The van der Waals surface area contributed by atoms with E-state index >= 15 is 0 Å². The van der Waals surface area contributed by atoms with Gasteiger partial charge in [0.1, 0.15) is 5.82 Å². The van der Waals surface area contributed by atoms with Gasteiger partial charge in [0, 0.05) is 37.1 Å². The van der Waals surface area contributed by atoms with Gasteiger partial charge in [0.05, 0.1) is 6.54 Å². The van der Waals surface area contributed by atoms with Crippen molar-refractivity contribution in [3.8, 4) is 0 Å². The molecule has 25 heavy (non-hydrogen) atoms. The van der Waals surface area contributed by atoms with Gasteiger partial charge in [0.25, 0.3) is 0 Å². The molecule has 0 aromatic carbocycles. The van der Waals surface area contributed by atoms with Gasteiger partial charge in [-0.2, -0.15) is 11.8 Å². The van der Waals surface area contributed by atoms with Crippen molar-refractivity contribution < 1.29 is 0 Å². The van der Waals surface area contributed by atoms with E-state index in [4.69, 9.17) is 4.99 Å². The summed E-state index contributed by atoms with van der Waals surface area (Å²) in [6.45, 7) is 5.94. The number of nitrogens with zero attached hydrogens (tertiary/aromatic N) is 3. The van der Waals surface area contributed by atoms with Gasteiger partial charge in [0.2, 0.25) is 0 Å². The number of nitrogens with one attached hydrogen (secondary N) is 2. The molecule has 0 spiro atoms. The minimum absolute atomic E-state index is 0.547. The number of anilines is 1. The summed E-state index contributed by atoms with van der Waals surface area (Å²) in [5, 5.41) is 7.77. The molecule has 0 bridgehead atoms. The number of aliphatic imine (C=N–C) groups is 1. The number of hydrogen-bond acceptors (Lipinski definition) is 4. The van der Waals surface area contributed by atoms with E-state index in [1.54, 1.807) is 0 Å². The van der Waals surface area contributed by atoms with Crippen molar-refractivity contribution in [3.63, 3.8) is 0 Å². The highest BCUT2D eigenvalue weighted by Gasteiger charge is 2.24. The first-order valence-electron chi connectivity index (χ1n) is 9.56. The summed E-state index contributed by atoms with van der Waals surface area (Å²) < 4.78 is 0. The van der Waals surface area contributed by atoms with E-state index in [1.165, 1.54) is 32.1 Å². The lowest BCUT2D eigenvalue weighted by Crippen LogP contribution is -2.42. The zero-order valence-electron chi connectivity index (χ0n) is 15.5. The topological polar surface area (TPSA) is 52.6 Å². The lowest BCUT2D eigenvalue weighted by atomic mass is 10.2. The lowest BCUT2D eigenvalue weighted by molar-refractivity contribution is 0.615. The Balaban J connectivity index is 1.55. The Hall–Kier alpha value is -1.43. The van der Waals surface area contributed by atoms with E-state index in [9.17, 15) is 0 Å². The molecule has 1 saturated heterocycles. The number of rotatable bonds is 6. The quantitative estimate of drug-likeness (QED) is 0.602. The highest BCUT2D eigenvalue weighted by molar-refractivity contribution is 7.99. The number of hydrogen-bond donors (Lipinski definition) is 2. The third-order valence-electron chi connectivity index (χ3n) is 5.06. The molecule has 1 aromatic heterocycles. The molecule has 2 atom stereocenters. The molecule has 2 fully saturated rings. The Kier molecular flexibility index (Phi) is 6.84. The molecule has 5 nitrogen and oxygen atoms in total. The van der Waals surface area contributed by atoms with Crippen LogP contribution < -0.4 is 15.5 Å². The molecule has 6 heteroatoms. The molecule has 2 N–H and O–H groups in total. The van der Waals surface area contributed by atoms with Crippen LogP contribution in [0.5, 0.6) is 0 Å². The summed E-state index contributed by atoms with van der Waals surface area (Å²) in [4.78, 5) is 11.7. The van der Waals surface area contributed by atoms with Crippen LogP contribution in [0.1, 0.15) is 44.6 Å². The highest BCUT2D eigenvalue weighted by atomic mass is 32.2. The Bertz CT molecular complexity index is 553. The van der Waals surface area contributed by atoms with Crippen LogP contribution in [0.25, 0.3) is 0 Å². The maximum Gasteiger partial charge on any atom is 0.191 e. The number of pyridine rings is 1. The standard InChI is InChI=1S/C19H31N5S/c1-3-20-19(23-16-7-8-17(12-16)25-2)22-14-15-6-9-18(21-13-15)24-10-4-5-11-24/h6,9,13,16-17H,3-5,7-8,10-12,14H2,1-2H3,(H2,20,22,23). The van der Waals surface area contributed by atoms with Gasteiger partial charge in [-0.05, 0) is 56.9 Å². The van der Waals surface area contributed by atoms with Crippen LogP contribution in [0, 0.1) is 0 Å². The van der Waals surface area contributed by atoms with E-state index < -0.39 is 0 Å². The van der Waals surface area contributed by atoms with E-state index in [-0.39, 0.29) is 0 Å². The molecule has 0 amide bonds. The third kappa shape index (κ3) is 5.27. The molecule has 1 aliphatic carbocycles. The van der Waals surface area contributed by atoms with Gasteiger partial charge >= 0.3 is 0 Å². The van der Waals surface area contributed by atoms with E-state index in [2.05, 4.69) is 45.8 Å². The Morgan fingerprint density at radius 2 is 2.16 bits per heavy atom. The second-order valence-corrected chi connectivity index (χ2v) is 8.06. The highest BCUT2D eigenvalue weighted by Crippen LogP contribution is 2.28. The predicted molar refractivity (Wildman–Crippen MR) is 109 cm³/mol. The van der Waals surface area contributed by atoms with Gasteiger partial charge < -0.3 is 15.5 Å². The second-order valence-electron chi connectivity index (χ2n) is 6.93. The SMILES string of the molecule is CCNC(=NCc1ccc(N2CCCC2)nc1)NC1CCC(SC)C1. The second kappa shape index (κ2) is 9.32. The zero-order valence-corrected chi connectivity index (χ0v) is 16.3. The largest absolute Gasteiger partial charge is 0.357 e. The van der Waals surface area contributed by atoms with Crippen molar-refractivity contribution in [2.45, 2.75) is 56.9 Å². The zero-order chi connectivity index (χ0) is 17.5. The summed E-state index contributed by atoms with van der Waals surface area (Å²) in [7, 11) is 0. The maximum absolute atomic E-state index is 4.76. The first-order chi connectivity index (χ1) is 12.3. The van der Waals surface area contributed by atoms with Crippen molar-refractivity contribution in [3.05, 3.63) is 23.9 Å². The smallest absolute Gasteiger partial charge is 0.191 e. The summed E-state index contributed by atoms with van der Waals surface area (Å²) in [5.74, 6) is 2.03. The average Bonchev–Trinajstić information content (AvgIpc) is 3.32. The van der Waals surface area contributed by atoms with Gasteiger partial charge in [-0.15, -0.1) is 0 Å².